The molecule has 0 radical (unpaired) electrons. The zero-order valence-corrected chi connectivity index (χ0v) is 19.0. The van der Waals surface area contributed by atoms with Gasteiger partial charge in [-0.2, -0.15) is 0 Å². The molecule has 0 aliphatic heterocycles. The van der Waals surface area contributed by atoms with E-state index in [1.54, 1.807) is 24.3 Å². The highest BCUT2D eigenvalue weighted by Gasteiger charge is 2.56. The summed E-state index contributed by atoms with van der Waals surface area (Å²) in [6.45, 7) is 16.2. The summed E-state index contributed by atoms with van der Waals surface area (Å²) < 4.78 is 32.7. The van der Waals surface area contributed by atoms with Gasteiger partial charge in [-0.3, -0.25) is 4.79 Å². The summed E-state index contributed by atoms with van der Waals surface area (Å²) in [5.74, 6) is -0.291. The lowest BCUT2D eigenvalue weighted by Gasteiger charge is -2.38. The van der Waals surface area contributed by atoms with Crippen LogP contribution in [0.2, 0.25) is 18.1 Å². The summed E-state index contributed by atoms with van der Waals surface area (Å²) in [5.41, 5.74) is 0.327. The van der Waals surface area contributed by atoms with Crippen LogP contribution in [-0.2, 0) is 19.1 Å². The molecular formula is C20H32O4SSi. The van der Waals surface area contributed by atoms with Crippen LogP contribution in [-0.4, -0.2) is 33.9 Å². The second-order valence-corrected chi connectivity index (χ2v) is 16.5. The van der Waals surface area contributed by atoms with Crippen LogP contribution in [0.15, 0.2) is 29.2 Å². The van der Waals surface area contributed by atoms with Gasteiger partial charge in [-0.1, -0.05) is 52.3 Å². The number of hydrogen-bond acceptors (Lipinski definition) is 4. The second kappa shape index (κ2) is 6.57. The number of rotatable bonds is 4. The van der Waals surface area contributed by atoms with Gasteiger partial charge in [0.25, 0.3) is 0 Å². The molecule has 146 valence electrons. The molecule has 0 N–H and O–H groups in total. The van der Waals surface area contributed by atoms with Crippen molar-refractivity contribution in [2.75, 3.05) is 0 Å². The lowest BCUT2D eigenvalue weighted by Crippen LogP contribution is -2.46. The van der Waals surface area contributed by atoms with Gasteiger partial charge in [0.1, 0.15) is 11.4 Å². The van der Waals surface area contributed by atoms with Crippen LogP contribution in [0.25, 0.3) is 0 Å². The van der Waals surface area contributed by atoms with Crippen molar-refractivity contribution in [3.8, 4) is 0 Å². The van der Waals surface area contributed by atoms with E-state index in [1.165, 1.54) is 0 Å². The predicted octanol–water partition coefficient (Wildman–Crippen LogP) is 4.53. The highest BCUT2D eigenvalue weighted by Crippen LogP contribution is 2.46. The van der Waals surface area contributed by atoms with E-state index >= 15 is 0 Å². The van der Waals surface area contributed by atoms with Crippen molar-refractivity contribution in [2.45, 2.75) is 82.3 Å². The topological polar surface area (TPSA) is 60.4 Å². The van der Waals surface area contributed by atoms with Crippen molar-refractivity contribution in [3.63, 3.8) is 0 Å². The minimum Gasteiger partial charge on any atom is -0.407 e. The molecule has 0 aromatic heterocycles. The summed E-state index contributed by atoms with van der Waals surface area (Å²) in [5, 5.41) is -1.10. The molecule has 0 bridgehead atoms. The number of Topliss-reactive ketones (excluding diaryl/α,β-unsaturated/α-hetero) is 1. The molecule has 1 aromatic carbocycles. The van der Waals surface area contributed by atoms with Crippen molar-refractivity contribution in [2.24, 2.45) is 5.41 Å². The normalized spacial score (nSPS) is 24.1. The Bertz CT molecular complexity index is 786. The lowest BCUT2D eigenvalue weighted by molar-refractivity contribution is -0.123. The molecule has 1 aromatic rings. The van der Waals surface area contributed by atoms with Crippen molar-refractivity contribution in [3.05, 3.63) is 29.8 Å². The van der Waals surface area contributed by atoms with E-state index in [4.69, 9.17) is 4.43 Å². The van der Waals surface area contributed by atoms with Gasteiger partial charge >= 0.3 is 0 Å². The van der Waals surface area contributed by atoms with E-state index in [1.807, 2.05) is 20.8 Å². The van der Waals surface area contributed by atoms with Gasteiger partial charge in [-0.05, 0) is 49.0 Å². The maximum Gasteiger partial charge on any atom is 0.193 e. The van der Waals surface area contributed by atoms with E-state index in [2.05, 4.69) is 33.9 Å². The predicted molar refractivity (Wildman–Crippen MR) is 108 cm³/mol. The largest absolute Gasteiger partial charge is 0.407 e. The van der Waals surface area contributed by atoms with Crippen LogP contribution >= 0.6 is 0 Å². The zero-order chi connectivity index (χ0) is 20.1. The standard InChI is InChI=1S/C20H32O4SSi/c1-14-9-11-15(12-10-14)25(22,23)18-17(21)16(13-20(18,5)6)24-26(7,8)19(2,3)4/h9-12,16,18H,13H2,1-8H3/t16-,18?/m0/s1. The zero-order valence-electron chi connectivity index (χ0n) is 17.2. The van der Waals surface area contributed by atoms with Crippen molar-refractivity contribution in [1.29, 1.82) is 0 Å². The lowest BCUT2D eigenvalue weighted by atomic mass is 9.91. The first-order valence-corrected chi connectivity index (χ1v) is 13.6. The minimum absolute atomic E-state index is 0.0364. The molecule has 0 amide bonds. The third-order valence-electron chi connectivity index (χ3n) is 5.90. The van der Waals surface area contributed by atoms with E-state index in [9.17, 15) is 13.2 Å². The first kappa shape index (κ1) is 21.3. The third kappa shape index (κ3) is 3.82. The van der Waals surface area contributed by atoms with Gasteiger partial charge in [0.15, 0.2) is 23.9 Å². The molecule has 1 aliphatic carbocycles. The molecule has 2 atom stereocenters. The van der Waals surface area contributed by atoms with E-state index < -0.39 is 34.9 Å². The number of hydrogen-bond donors (Lipinski definition) is 0. The fourth-order valence-corrected chi connectivity index (χ4v) is 6.75. The van der Waals surface area contributed by atoms with Crippen LogP contribution < -0.4 is 0 Å². The Kier molecular flexibility index (Phi) is 5.38. The Morgan fingerprint density at radius 1 is 1.12 bits per heavy atom. The van der Waals surface area contributed by atoms with E-state index in [-0.39, 0.29) is 15.7 Å². The van der Waals surface area contributed by atoms with Crippen LogP contribution in [0.1, 0.15) is 46.6 Å². The molecule has 1 unspecified atom stereocenters. The molecule has 0 spiro atoms. The summed E-state index contributed by atoms with van der Waals surface area (Å²) in [7, 11) is -5.92. The molecule has 0 heterocycles. The molecular weight excluding hydrogens is 364 g/mol. The second-order valence-electron chi connectivity index (χ2n) is 9.70. The first-order chi connectivity index (χ1) is 11.6. The molecule has 0 saturated heterocycles. The monoisotopic (exact) mass is 396 g/mol. The highest BCUT2D eigenvalue weighted by atomic mass is 32.2. The average molecular weight is 397 g/mol. The fourth-order valence-electron chi connectivity index (χ4n) is 3.31. The summed E-state index contributed by atoms with van der Waals surface area (Å²) in [4.78, 5) is 13.3. The van der Waals surface area contributed by atoms with Gasteiger partial charge in [-0.15, -0.1) is 0 Å². The number of carbonyl (C=O) groups excluding carboxylic acids is 1. The van der Waals surface area contributed by atoms with Gasteiger partial charge < -0.3 is 4.43 Å². The quantitative estimate of drug-likeness (QED) is 0.702. The number of aryl methyl sites for hydroxylation is 1. The molecule has 4 nitrogen and oxygen atoms in total. The van der Waals surface area contributed by atoms with Crippen molar-refractivity contribution in [1.82, 2.24) is 0 Å². The Morgan fingerprint density at radius 2 is 1.62 bits per heavy atom. The molecule has 1 saturated carbocycles. The molecule has 26 heavy (non-hydrogen) atoms. The maximum atomic E-state index is 13.2. The highest BCUT2D eigenvalue weighted by molar-refractivity contribution is 7.93. The summed E-state index contributed by atoms with van der Waals surface area (Å²) in [6.07, 6.45) is -0.204. The van der Waals surface area contributed by atoms with Crippen LogP contribution in [0, 0.1) is 12.3 Å². The number of ketones is 1. The Balaban J connectivity index is 2.39. The SMILES string of the molecule is Cc1ccc(S(=O)(=O)C2C(=O)[C@@H](O[Si](C)(C)C(C)(C)C)CC2(C)C)cc1. The molecule has 2 rings (SSSR count). The van der Waals surface area contributed by atoms with Crippen LogP contribution in [0.5, 0.6) is 0 Å². The van der Waals surface area contributed by atoms with Crippen LogP contribution in [0.3, 0.4) is 0 Å². The van der Waals surface area contributed by atoms with E-state index in [0.29, 0.717) is 6.42 Å². The maximum absolute atomic E-state index is 13.2. The third-order valence-corrected chi connectivity index (χ3v) is 12.8. The first-order valence-electron chi connectivity index (χ1n) is 9.12. The van der Waals surface area contributed by atoms with Crippen molar-refractivity contribution < 1.29 is 17.6 Å². The van der Waals surface area contributed by atoms with Gasteiger partial charge in [-0.25, -0.2) is 8.42 Å². The Morgan fingerprint density at radius 3 is 2.08 bits per heavy atom. The molecule has 1 fully saturated rings. The molecule has 6 heteroatoms. The molecule has 1 aliphatic rings. The smallest absolute Gasteiger partial charge is 0.193 e. The van der Waals surface area contributed by atoms with Gasteiger partial charge in [0.05, 0.1) is 4.90 Å². The average Bonchev–Trinajstić information content (AvgIpc) is 2.67. The van der Waals surface area contributed by atoms with Crippen LogP contribution in [0.4, 0.5) is 0 Å². The summed E-state index contributed by atoms with van der Waals surface area (Å²) >= 11 is 0. The number of carbonyl (C=O) groups is 1. The van der Waals surface area contributed by atoms with Crippen molar-refractivity contribution >= 4 is 23.9 Å². The van der Waals surface area contributed by atoms with E-state index in [0.717, 1.165) is 5.56 Å². The fraction of sp³-hybridized carbons (Fsp3) is 0.650. The number of sulfone groups is 1. The Labute approximate surface area is 159 Å². The van der Waals surface area contributed by atoms with Gasteiger partial charge in [0, 0.05) is 0 Å². The summed E-state index contributed by atoms with van der Waals surface area (Å²) in [6, 6.07) is 6.72. The Hall–Kier alpha value is -0.983. The number of benzene rings is 1. The van der Waals surface area contributed by atoms with Gasteiger partial charge in [0.2, 0.25) is 0 Å². The minimum atomic E-state index is -3.75.